The Bertz CT molecular complexity index is 1150. The first-order valence-electron chi connectivity index (χ1n) is 8.99. The second-order valence-electron chi connectivity index (χ2n) is 6.30. The third-order valence-corrected chi connectivity index (χ3v) is 5.88. The van der Waals surface area contributed by atoms with E-state index < -0.39 is 0 Å². The maximum atomic E-state index is 12.4. The van der Waals surface area contributed by atoms with Crippen molar-refractivity contribution in [3.63, 3.8) is 0 Å². The number of carbonyl (C=O) groups is 1. The number of halogens is 2. The van der Waals surface area contributed by atoms with Crippen molar-refractivity contribution >= 4 is 46.6 Å². The molecule has 2 aromatic heterocycles. The topological polar surface area (TPSA) is 73.0 Å². The number of aromatic nitrogens is 3. The van der Waals surface area contributed by atoms with Gasteiger partial charge in [-0.1, -0.05) is 65.3 Å². The Morgan fingerprint density at radius 2 is 1.87 bits per heavy atom. The molecule has 2 aromatic carbocycles. The zero-order chi connectivity index (χ0) is 20.9. The van der Waals surface area contributed by atoms with Crippen LogP contribution in [0.4, 0.5) is 5.69 Å². The van der Waals surface area contributed by atoms with E-state index in [0.29, 0.717) is 33.3 Å². The van der Waals surface area contributed by atoms with Crippen molar-refractivity contribution in [3.05, 3.63) is 82.7 Å². The number of benzene rings is 2. The first kappa shape index (κ1) is 20.5. The van der Waals surface area contributed by atoms with Gasteiger partial charge >= 0.3 is 0 Å². The Labute approximate surface area is 187 Å². The number of hydrogen-bond donors (Lipinski definition) is 1. The molecule has 4 aromatic rings. The number of nitrogens with zero attached hydrogens (tertiary/aromatic N) is 3. The van der Waals surface area contributed by atoms with Gasteiger partial charge in [-0.3, -0.25) is 9.36 Å². The molecule has 0 aliphatic rings. The molecule has 0 saturated carbocycles. The fourth-order valence-corrected chi connectivity index (χ4v) is 3.83. The molecule has 0 aliphatic carbocycles. The van der Waals surface area contributed by atoms with Crippen LogP contribution in [0.5, 0.6) is 0 Å². The van der Waals surface area contributed by atoms with Gasteiger partial charge in [0.25, 0.3) is 0 Å². The Morgan fingerprint density at radius 1 is 1.03 bits per heavy atom. The van der Waals surface area contributed by atoms with Crippen molar-refractivity contribution in [2.45, 2.75) is 11.7 Å². The number of anilines is 1. The molecular weight excluding hydrogens is 443 g/mol. The molecular formula is C21H16Cl2N4O2S. The van der Waals surface area contributed by atoms with E-state index in [1.807, 2.05) is 47.0 Å². The van der Waals surface area contributed by atoms with Gasteiger partial charge in [0.15, 0.2) is 11.0 Å². The van der Waals surface area contributed by atoms with E-state index in [1.54, 1.807) is 24.5 Å². The molecule has 2 heterocycles. The van der Waals surface area contributed by atoms with Crippen molar-refractivity contribution in [3.8, 4) is 11.4 Å². The summed E-state index contributed by atoms with van der Waals surface area (Å²) in [5.41, 5.74) is 1.51. The van der Waals surface area contributed by atoms with Crippen molar-refractivity contribution in [2.75, 3.05) is 11.1 Å². The average molecular weight is 459 g/mol. The molecule has 9 heteroatoms. The van der Waals surface area contributed by atoms with Crippen LogP contribution in [0.25, 0.3) is 11.4 Å². The average Bonchev–Trinajstić information content (AvgIpc) is 3.40. The number of nitrogens with one attached hydrogen (secondary N) is 1. The molecule has 6 nitrogen and oxygen atoms in total. The molecule has 1 N–H and O–H groups in total. The Kier molecular flexibility index (Phi) is 6.42. The van der Waals surface area contributed by atoms with Crippen molar-refractivity contribution in [1.29, 1.82) is 0 Å². The van der Waals surface area contributed by atoms with Gasteiger partial charge < -0.3 is 9.73 Å². The highest BCUT2D eigenvalue weighted by Gasteiger charge is 2.17. The quantitative estimate of drug-likeness (QED) is 0.363. The third kappa shape index (κ3) is 4.87. The van der Waals surface area contributed by atoms with Crippen LogP contribution in [-0.4, -0.2) is 26.4 Å². The molecule has 0 saturated heterocycles. The molecule has 0 unspecified atom stereocenters. The van der Waals surface area contributed by atoms with Gasteiger partial charge in [-0.15, -0.1) is 10.2 Å². The van der Waals surface area contributed by atoms with Crippen molar-refractivity contribution in [2.24, 2.45) is 0 Å². The second-order valence-corrected chi connectivity index (χ2v) is 8.06. The molecule has 0 aliphatic heterocycles. The van der Waals surface area contributed by atoms with Crippen LogP contribution in [-0.2, 0) is 11.3 Å². The maximum absolute atomic E-state index is 12.4. The summed E-state index contributed by atoms with van der Waals surface area (Å²) < 4.78 is 7.43. The van der Waals surface area contributed by atoms with E-state index in [1.165, 1.54) is 11.8 Å². The van der Waals surface area contributed by atoms with Gasteiger partial charge in [0.05, 0.1) is 28.6 Å². The van der Waals surface area contributed by atoms with Gasteiger partial charge in [0.1, 0.15) is 5.76 Å². The molecule has 1 amide bonds. The summed E-state index contributed by atoms with van der Waals surface area (Å²) in [6.45, 7) is 0.459. The number of rotatable bonds is 7. The maximum Gasteiger partial charge on any atom is 0.234 e. The SMILES string of the molecule is O=C(CSc1nnc(-c2ccccc2)n1Cc1ccco1)Nc1ccc(Cl)c(Cl)c1. The van der Waals surface area contributed by atoms with Crippen LogP contribution in [0, 0.1) is 0 Å². The second kappa shape index (κ2) is 9.38. The van der Waals surface area contributed by atoms with E-state index in [2.05, 4.69) is 15.5 Å². The van der Waals surface area contributed by atoms with E-state index >= 15 is 0 Å². The molecule has 4 rings (SSSR count). The van der Waals surface area contributed by atoms with Crippen LogP contribution < -0.4 is 5.32 Å². The zero-order valence-corrected chi connectivity index (χ0v) is 17.9. The fourth-order valence-electron chi connectivity index (χ4n) is 2.80. The summed E-state index contributed by atoms with van der Waals surface area (Å²) in [6.07, 6.45) is 1.62. The summed E-state index contributed by atoms with van der Waals surface area (Å²) in [6, 6.07) is 18.4. The van der Waals surface area contributed by atoms with Crippen LogP contribution in [0.2, 0.25) is 10.0 Å². The van der Waals surface area contributed by atoms with Gasteiger partial charge in [-0.05, 0) is 30.3 Å². The monoisotopic (exact) mass is 458 g/mol. The minimum atomic E-state index is -0.188. The summed E-state index contributed by atoms with van der Waals surface area (Å²) >= 11 is 13.2. The molecule has 0 bridgehead atoms. The lowest BCUT2D eigenvalue weighted by atomic mass is 10.2. The molecule has 0 fully saturated rings. The Balaban J connectivity index is 1.51. The molecule has 0 spiro atoms. The van der Waals surface area contributed by atoms with Crippen LogP contribution in [0.3, 0.4) is 0 Å². The summed E-state index contributed by atoms with van der Waals surface area (Å²) in [5, 5.41) is 12.9. The van der Waals surface area contributed by atoms with E-state index in [-0.39, 0.29) is 11.7 Å². The summed E-state index contributed by atoms with van der Waals surface area (Å²) in [7, 11) is 0. The zero-order valence-electron chi connectivity index (χ0n) is 15.6. The molecule has 30 heavy (non-hydrogen) atoms. The van der Waals surface area contributed by atoms with Crippen LogP contribution >= 0.6 is 35.0 Å². The minimum Gasteiger partial charge on any atom is -0.467 e. The lowest BCUT2D eigenvalue weighted by molar-refractivity contribution is -0.113. The normalized spacial score (nSPS) is 10.9. The van der Waals surface area contributed by atoms with Gasteiger partial charge in [-0.25, -0.2) is 0 Å². The highest BCUT2D eigenvalue weighted by molar-refractivity contribution is 7.99. The lowest BCUT2D eigenvalue weighted by Crippen LogP contribution is -2.14. The van der Waals surface area contributed by atoms with Gasteiger partial charge in [0.2, 0.25) is 5.91 Å². The third-order valence-electron chi connectivity index (χ3n) is 4.18. The predicted octanol–water partition coefficient (Wildman–Crippen LogP) is 5.62. The van der Waals surface area contributed by atoms with Gasteiger partial charge in [-0.2, -0.15) is 0 Å². The predicted molar refractivity (Wildman–Crippen MR) is 119 cm³/mol. The largest absolute Gasteiger partial charge is 0.467 e. The first-order valence-corrected chi connectivity index (χ1v) is 10.7. The number of furan rings is 1. The van der Waals surface area contributed by atoms with Crippen molar-refractivity contribution in [1.82, 2.24) is 14.8 Å². The molecule has 0 radical (unpaired) electrons. The van der Waals surface area contributed by atoms with E-state index in [4.69, 9.17) is 27.6 Å². The molecule has 152 valence electrons. The fraction of sp³-hybridized carbons (Fsp3) is 0.0952. The Hall–Kier alpha value is -2.74. The van der Waals surface area contributed by atoms with Gasteiger partial charge in [0, 0.05) is 11.3 Å². The van der Waals surface area contributed by atoms with Crippen LogP contribution in [0.15, 0.2) is 76.5 Å². The number of hydrogen-bond acceptors (Lipinski definition) is 5. The number of thioether (sulfide) groups is 1. The van der Waals surface area contributed by atoms with Crippen molar-refractivity contribution < 1.29 is 9.21 Å². The van der Waals surface area contributed by atoms with Crippen LogP contribution in [0.1, 0.15) is 5.76 Å². The number of carbonyl (C=O) groups excluding carboxylic acids is 1. The highest BCUT2D eigenvalue weighted by atomic mass is 35.5. The van der Waals surface area contributed by atoms with E-state index in [0.717, 1.165) is 11.3 Å². The standard InChI is InChI=1S/C21H16Cl2N4O2S/c22-17-9-8-15(11-18(17)23)24-19(28)13-30-21-26-25-20(14-5-2-1-3-6-14)27(21)12-16-7-4-10-29-16/h1-11H,12-13H2,(H,24,28). The Morgan fingerprint density at radius 3 is 2.60 bits per heavy atom. The smallest absolute Gasteiger partial charge is 0.234 e. The highest BCUT2D eigenvalue weighted by Crippen LogP contribution is 2.27. The lowest BCUT2D eigenvalue weighted by Gasteiger charge is -2.09. The summed E-state index contributed by atoms with van der Waals surface area (Å²) in [5.74, 6) is 1.45. The number of amides is 1. The molecule has 0 atom stereocenters. The first-order chi connectivity index (χ1) is 14.6. The minimum absolute atomic E-state index is 0.158. The van der Waals surface area contributed by atoms with E-state index in [9.17, 15) is 4.79 Å². The summed E-state index contributed by atoms with van der Waals surface area (Å²) in [4.78, 5) is 12.4.